The summed E-state index contributed by atoms with van der Waals surface area (Å²) in [4.78, 5) is 14.1. The number of benzene rings is 3. The van der Waals surface area contributed by atoms with Crippen LogP contribution in [-0.4, -0.2) is 30.7 Å². The Bertz CT molecular complexity index is 1520. The van der Waals surface area contributed by atoms with Gasteiger partial charge in [0, 0.05) is 35.4 Å². The number of rotatable bonds is 12. The average molecular weight is 514 g/mol. The Morgan fingerprint density at radius 3 is 2.51 bits per heavy atom. The van der Waals surface area contributed by atoms with Crippen LogP contribution in [0.5, 0.6) is 5.75 Å². The van der Waals surface area contributed by atoms with E-state index < -0.39 is 0 Å². The zero-order chi connectivity index (χ0) is 26.2. The molecule has 0 spiro atoms. The van der Waals surface area contributed by atoms with Crippen LogP contribution in [0.25, 0.3) is 33.3 Å². The van der Waals surface area contributed by atoms with Gasteiger partial charge in [0.2, 0.25) is 0 Å². The molecule has 6 heteroatoms. The van der Waals surface area contributed by atoms with Crippen LogP contribution in [0.3, 0.4) is 0 Å². The van der Waals surface area contributed by atoms with Gasteiger partial charge in [-0.2, -0.15) is 0 Å². The summed E-state index contributed by atoms with van der Waals surface area (Å²) in [6.07, 6.45) is 4.81. The highest BCUT2D eigenvalue weighted by Crippen LogP contribution is 2.37. The third kappa shape index (κ3) is 5.76. The van der Waals surface area contributed by atoms with Crippen LogP contribution in [0.1, 0.15) is 36.5 Å². The maximum Gasteiger partial charge on any atom is 0.255 e. The molecular weight excluding hydrogens is 478 g/mol. The molecule has 37 heavy (non-hydrogen) atoms. The third-order valence-electron chi connectivity index (χ3n) is 6.55. The van der Waals surface area contributed by atoms with Crippen molar-refractivity contribution in [2.75, 3.05) is 20.2 Å². The molecule has 0 aliphatic heterocycles. The van der Waals surface area contributed by atoms with E-state index in [1.807, 2.05) is 48.5 Å². The van der Waals surface area contributed by atoms with Gasteiger partial charge in [-0.25, -0.2) is 0 Å². The second kappa shape index (κ2) is 12.7. The highest BCUT2D eigenvalue weighted by molar-refractivity contribution is 8.06. The molecule has 0 aliphatic carbocycles. The maximum absolute atomic E-state index is 13.1. The van der Waals surface area contributed by atoms with Crippen LogP contribution in [0.15, 0.2) is 73.3 Å². The number of para-hydroxylation sites is 1. The molecule has 192 valence electrons. The predicted octanol–water partition coefficient (Wildman–Crippen LogP) is 5.37. The number of aromatic nitrogens is 1. The first-order chi connectivity index (χ1) is 18.1. The van der Waals surface area contributed by atoms with E-state index in [9.17, 15) is 4.79 Å². The Balaban J connectivity index is 1.30. The first kappa shape index (κ1) is 26.6. The Morgan fingerprint density at radius 1 is 1.00 bits per heavy atom. The van der Waals surface area contributed by atoms with Crippen molar-refractivity contribution < 1.29 is 9.53 Å². The molecule has 4 rings (SSSR count). The predicted molar refractivity (Wildman–Crippen MR) is 158 cm³/mol. The third-order valence-corrected chi connectivity index (χ3v) is 7.50. The van der Waals surface area contributed by atoms with Crippen molar-refractivity contribution in [2.45, 2.75) is 32.7 Å². The van der Waals surface area contributed by atoms with E-state index in [-0.39, 0.29) is 5.91 Å². The van der Waals surface area contributed by atoms with Crippen molar-refractivity contribution in [2.24, 2.45) is 0 Å². The minimum absolute atomic E-state index is 0.0992. The smallest absolute Gasteiger partial charge is 0.255 e. The van der Waals surface area contributed by atoms with Gasteiger partial charge in [-0.05, 0) is 60.3 Å². The number of amides is 1. The van der Waals surface area contributed by atoms with E-state index in [1.165, 1.54) is 0 Å². The molecule has 0 fully saturated rings. The summed E-state index contributed by atoms with van der Waals surface area (Å²) in [5.41, 5.74) is 2.80. The fraction of sp³-hybridized carbons (Fsp3) is 0.258. The zero-order valence-electron chi connectivity index (χ0n) is 21.7. The normalized spacial score (nSPS) is 12.1. The molecule has 4 aromatic rings. The Labute approximate surface area is 223 Å². The summed E-state index contributed by atoms with van der Waals surface area (Å²) in [5.74, 6) is 0.538. The van der Waals surface area contributed by atoms with Gasteiger partial charge >= 0.3 is 0 Å². The van der Waals surface area contributed by atoms with Crippen molar-refractivity contribution in [3.63, 3.8) is 0 Å². The number of nitrogens with zero attached hydrogens (tertiary/aromatic N) is 1. The fourth-order valence-electron chi connectivity index (χ4n) is 4.73. The minimum Gasteiger partial charge on any atom is -0.495 e. The average Bonchev–Trinajstić information content (AvgIpc) is 3.26. The van der Waals surface area contributed by atoms with Crippen molar-refractivity contribution in [3.8, 4) is 5.75 Å². The van der Waals surface area contributed by atoms with E-state index in [1.54, 1.807) is 19.1 Å². The van der Waals surface area contributed by atoms with Gasteiger partial charge in [0.1, 0.15) is 5.75 Å². The second-order valence-corrected chi connectivity index (χ2v) is 9.77. The van der Waals surface area contributed by atoms with Crippen molar-refractivity contribution in [1.29, 1.82) is 0 Å². The number of ether oxygens (including phenoxy) is 1. The lowest BCUT2D eigenvalue weighted by molar-refractivity contribution is 0.0950. The number of fused-ring (bicyclic) bond motifs is 3. The van der Waals surface area contributed by atoms with E-state index in [4.69, 9.17) is 4.74 Å². The van der Waals surface area contributed by atoms with Crippen LogP contribution in [0, 0.1) is 0 Å². The van der Waals surface area contributed by atoms with Crippen LogP contribution in [0.4, 0.5) is 0 Å². The maximum atomic E-state index is 13.1. The number of carbonyl (C=O) groups is 1. The van der Waals surface area contributed by atoms with Crippen molar-refractivity contribution in [3.05, 3.63) is 89.3 Å². The molecule has 0 unspecified atom stereocenters. The molecule has 0 saturated heterocycles. The molecule has 2 N–H and O–H groups in total. The zero-order valence-corrected chi connectivity index (χ0v) is 22.5. The van der Waals surface area contributed by atoms with Gasteiger partial charge < -0.3 is 14.6 Å². The molecule has 0 aliphatic rings. The number of carbonyl (C=O) groups excluding carboxylic acids is 1. The SMILES string of the molecule is C=C/C(SNCCCCCNC(=O)c1ccc2c(c1OC)c1ccccc1n2CC)=c1/ccccc1=C. The molecule has 5 nitrogen and oxygen atoms in total. The summed E-state index contributed by atoms with van der Waals surface area (Å²) in [6.45, 7) is 12.5. The first-order valence-electron chi connectivity index (χ1n) is 12.8. The number of aryl methyl sites for hydroxylation is 1. The number of hydrogen-bond donors (Lipinski definition) is 2. The molecular formula is C31H35N3O2S. The quantitative estimate of drug-likeness (QED) is 0.198. The molecule has 3 aromatic carbocycles. The second-order valence-electron chi connectivity index (χ2n) is 8.84. The molecule has 0 atom stereocenters. The van der Waals surface area contributed by atoms with Crippen LogP contribution in [0.2, 0.25) is 0 Å². The number of hydrogen-bond acceptors (Lipinski definition) is 4. The highest BCUT2D eigenvalue weighted by atomic mass is 32.2. The Hall–Kier alpha value is -3.48. The molecule has 1 aromatic heterocycles. The van der Waals surface area contributed by atoms with Crippen molar-refractivity contribution in [1.82, 2.24) is 14.6 Å². The molecule has 0 saturated carbocycles. The summed E-state index contributed by atoms with van der Waals surface area (Å²) in [6, 6.07) is 20.2. The summed E-state index contributed by atoms with van der Waals surface area (Å²) < 4.78 is 11.5. The fourth-order valence-corrected chi connectivity index (χ4v) is 5.53. The van der Waals surface area contributed by atoms with Crippen LogP contribution < -0.4 is 25.2 Å². The molecule has 0 radical (unpaired) electrons. The lowest BCUT2D eigenvalue weighted by atomic mass is 10.1. The minimum atomic E-state index is -0.0992. The monoisotopic (exact) mass is 513 g/mol. The number of nitrogens with one attached hydrogen (secondary N) is 2. The molecule has 1 heterocycles. The van der Waals surface area contributed by atoms with E-state index in [0.29, 0.717) is 17.9 Å². The van der Waals surface area contributed by atoms with E-state index in [0.717, 1.165) is 69.5 Å². The van der Waals surface area contributed by atoms with Crippen LogP contribution in [-0.2, 0) is 6.54 Å². The standard InChI is InChI=1S/C31H35N3O2S/c1-5-28(23-15-9-8-14-22(23)3)37-33-21-13-7-12-20-32-31(35)25-18-19-27-29(30(25)36-4)24-16-10-11-17-26(24)34(27)6-2/h5,8-11,14-19,33H,1,3,6-7,12-13,20-21H2,2,4H3,(H,32,35)/b28-23+. The molecule has 0 bridgehead atoms. The highest BCUT2D eigenvalue weighted by Gasteiger charge is 2.20. The van der Waals surface area contributed by atoms with Gasteiger partial charge in [-0.15, -0.1) is 0 Å². The largest absolute Gasteiger partial charge is 0.495 e. The van der Waals surface area contributed by atoms with Gasteiger partial charge in [0.05, 0.1) is 23.6 Å². The van der Waals surface area contributed by atoms with Crippen LogP contribution >= 0.6 is 11.9 Å². The van der Waals surface area contributed by atoms with E-state index in [2.05, 4.69) is 52.9 Å². The number of unbranched alkanes of at least 4 members (excludes halogenated alkanes) is 2. The lowest BCUT2D eigenvalue weighted by Gasteiger charge is -2.12. The molecule has 1 amide bonds. The summed E-state index contributed by atoms with van der Waals surface area (Å²) in [5, 5.41) is 7.27. The first-order valence-corrected chi connectivity index (χ1v) is 13.6. The topological polar surface area (TPSA) is 55.3 Å². The summed E-state index contributed by atoms with van der Waals surface area (Å²) in [7, 11) is 1.64. The van der Waals surface area contributed by atoms with Gasteiger partial charge in [0.25, 0.3) is 5.91 Å². The van der Waals surface area contributed by atoms with E-state index >= 15 is 0 Å². The lowest BCUT2D eigenvalue weighted by Crippen LogP contribution is -2.25. The van der Waals surface area contributed by atoms with Crippen molar-refractivity contribution >= 4 is 51.1 Å². The van der Waals surface area contributed by atoms with Gasteiger partial charge in [-0.1, -0.05) is 68.1 Å². The van der Waals surface area contributed by atoms with Gasteiger partial charge in [0.15, 0.2) is 0 Å². The van der Waals surface area contributed by atoms with Gasteiger partial charge in [-0.3, -0.25) is 9.52 Å². The number of methoxy groups -OCH3 is 1. The Kier molecular flexibility index (Phi) is 9.09. The Morgan fingerprint density at radius 2 is 1.76 bits per heavy atom. The summed E-state index contributed by atoms with van der Waals surface area (Å²) >= 11 is 1.59.